The van der Waals surface area contributed by atoms with E-state index in [2.05, 4.69) is 15.6 Å². The van der Waals surface area contributed by atoms with Crippen LogP contribution in [-0.4, -0.2) is 32.9 Å². The van der Waals surface area contributed by atoms with Crippen molar-refractivity contribution in [1.82, 2.24) is 10.6 Å². The third kappa shape index (κ3) is 4.62. The van der Waals surface area contributed by atoms with Gasteiger partial charge in [-0.1, -0.05) is 24.3 Å². The summed E-state index contributed by atoms with van der Waals surface area (Å²) >= 11 is 0. The number of aliphatic imine (C=N–C) groups is 1. The van der Waals surface area contributed by atoms with Crippen LogP contribution in [-0.2, 0) is 12.8 Å². The average Bonchev–Trinajstić information content (AvgIpc) is 3.09. The highest BCUT2D eigenvalue weighted by molar-refractivity contribution is 5.79. The van der Waals surface area contributed by atoms with Gasteiger partial charge in [0.05, 0.1) is 0 Å². The van der Waals surface area contributed by atoms with Gasteiger partial charge < -0.3 is 20.1 Å². The van der Waals surface area contributed by atoms with Gasteiger partial charge in [-0.05, 0) is 42.2 Å². The van der Waals surface area contributed by atoms with Gasteiger partial charge in [-0.3, -0.25) is 4.99 Å². The molecule has 25 heavy (non-hydrogen) atoms. The number of fused-ring (bicyclic) bond motifs is 1. The third-order valence-corrected chi connectivity index (χ3v) is 4.01. The van der Waals surface area contributed by atoms with Crippen molar-refractivity contribution < 1.29 is 13.9 Å². The van der Waals surface area contributed by atoms with Crippen LogP contribution in [0.2, 0.25) is 0 Å². The fraction of sp³-hybridized carbons (Fsp3) is 0.316. The largest absolute Gasteiger partial charge is 0.454 e. The maximum atomic E-state index is 13.6. The Bertz CT molecular complexity index is 749. The summed E-state index contributed by atoms with van der Waals surface area (Å²) < 4.78 is 24.3. The number of ether oxygens (including phenoxy) is 2. The van der Waals surface area contributed by atoms with E-state index in [0.717, 1.165) is 24.5 Å². The number of guanidine groups is 1. The molecule has 0 aliphatic carbocycles. The molecule has 0 fully saturated rings. The smallest absolute Gasteiger partial charge is 0.231 e. The molecule has 6 heteroatoms. The number of hydrogen-bond donors (Lipinski definition) is 2. The van der Waals surface area contributed by atoms with Crippen molar-refractivity contribution in [3.05, 3.63) is 59.4 Å². The quantitative estimate of drug-likeness (QED) is 0.625. The second-order valence-corrected chi connectivity index (χ2v) is 5.70. The van der Waals surface area contributed by atoms with Crippen molar-refractivity contribution >= 4 is 5.96 Å². The molecule has 0 saturated heterocycles. The summed E-state index contributed by atoms with van der Waals surface area (Å²) in [6.45, 7) is 1.64. The van der Waals surface area contributed by atoms with E-state index in [1.807, 2.05) is 24.3 Å². The fourth-order valence-electron chi connectivity index (χ4n) is 2.66. The maximum Gasteiger partial charge on any atom is 0.231 e. The van der Waals surface area contributed by atoms with E-state index >= 15 is 0 Å². The molecular weight excluding hydrogens is 321 g/mol. The van der Waals surface area contributed by atoms with Gasteiger partial charge in [-0.15, -0.1) is 0 Å². The number of nitrogens with one attached hydrogen (secondary N) is 2. The van der Waals surface area contributed by atoms with E-state index in [9.17, 15) is 4.39 Å². The van der Waals surface area contributed by atoms with E-state index in [0.29, 0.717) is 24.5 Å². The van der Waals surface area contributed by atoms with E-state index in [1.165, 1.54) is 11.6 Å². The van der Waals surface area contributed by atoms with E-state index in [4.69, 9.17) is 9.47 Å². The topological polar surface area (TPSA) is 54.9 Å². The number of halogens is 1. The lowest BCUT2D eigenvalue weighted by Gasteiger charge is -2.12. The van der Waals surface area contributed by atoms with Crippen LogP contribution < -0.4 is 20.1 Å². The lowest BCUT2D eigenvalue weighted by atomic mass is 10.1. The lowest BCUT2D eigenvalue weighted by molar-refractivity contribution is 0.174. The summed E-state index contributed by atoms with van der Waals surface area (Å²) in [5.74, 6) is 2.12. The van der Waals surface area contributed by atoms with Gasteiger partial charge in [-0.25, -0.2) is 4.39 Å². The minimum Gasteiger partial charge on any atom is -0.454 e. The van der Waals surface area contributed by atoms with Crippen LogP contribution in [0, 0.1) is 5.82 Å². The molecule has 2 N–H and O–H groups in total. The number of nitrogens with zero attached hydrogens (tertiary/aromatic N) is 1. The Kier molecular flexibility index (Phi) is 5.72. The summed E-state index contributed by atoms with van der Waals surface area (Å²) in [5, 5.41) is 6.46. The van der Waals surface area contributed by atoms with Crippen molar-refractivity contribution in [2.24, 2.45) is 4.99 Å². The molecule has 0 unspecified atom stereocenters. The van der Waals surface area contributed by atoms with Crippen LogP contribution in [0.15, 0.2) is 47.5 Å². The van der Waals surface area contributed by atoms with Gasteiger partial charge >= 0.3 is 0 Å². The van der Waals surface area contributed by atoms with Gasteiger partial charge in [0.2, 0.25) is 6.79 Å². The molecule has 1 heterocycles. The Morgan fingerprint density at radius 3 is 2.60 bits per heavy atom. The van der Waals surface area contributed by atoms with Crippen molar-refractivity contribution in [2.75, 3.05) is 26.9 Å². The Labute approximate surface area is 146 Å². The first-order chi connectivity index (χ1) is 12.3. The zero-order valence-corrected chi connectivity index (χ0v) is 14.2. The zero-order chi connectivity index (χ0) is 17.5. The molecule has 2 aromatic carbocycles. The van der Waals surface area contributed by atoms with Gasteiger partial charge in [0.15, 0.2) is 17.5 Å². The minimum atomic E-state index is -0.171. The predicted molar refractivity (Wildman–Crippen MR) is 95.7 cm³/mol. The molecular formula is C19H22FN3O2. The Morgan fingerprint density at radius 2 is 1.80 bits per heavy atom. The van der Waals surface area contributed by atoms with E-state index in [-0.39, 0.29) is 12.6 Å². The highest BCUT2D eigenvalue weighted by atomic mass is 19.1. The summed E-state index contributed by atoms with van der Waals surface area (Å²) in [5.41, 5.74) is 1.87. The molecule has 0 spiro atoms. The molecule has 1 aliphatic heterocycles. The molecule has 3 rings (SSSR count). The lowest BCUT2D eigenvalue weighted by Crippen LogP contribution is -2.39. The standard InChI is InChI=1S/C19H22FN3O2/c1-21-19(23-11-9-15-4-2-3-5-16(15)20)22-10-8-14-6-7-17-18(12-14)25-13-24-17/h2-7,12H,8-11,13H2,1H3,(H2,21,22,23). The van der Waals surface area contributed by atoms with Crippen LogP contribution in [0.5, 0.6) is 11.5 Å². The molecule has 0 amide bonds. The van der Waals surface area contributed by atoms with E-state index in [1.54, 1.807) is 19.2 Å². The van der Waals surface area contributed by atoms with Gasteiger partial charge in [0.1, 0.15) is 5.82 Å². The summed E-state index contributed by atoms with van der Waals surface area (Å²) in [4.78, 5) is 4.19. The Morgan fingerprint density at radius 1 is 1.04 bits per heavy atom. The van der Waals surface area contributed by atoms with Crippen molar-refractivity contribution in [1.29, 1.82) is 0 Å². The van der Waals surface area contributed by atoms with Crippen LogP contribution in [0.25, 0.3) is 0 Å². The minimum absolute atomic E-state index is 0.171. The molecule has 0 saturated carbocycles. The Hall–Kier alpha value is -2.76. The summed E-state index contributed by atoms with van der Waals surface area (Å²) in [6, 6.07) is 12.8. The second-order valence-electron chi connectivity index (χ2n) is 5.70. The first-order valence-corrected chi connectivity index (χ1v) is 8.32. The fourth-order valence-corrected chi connectivity index (χ4v) is 2.66. The van der Waals surface area contributed by atoms with Gasteiger partial charge in [0.25, 0.3) is 0 Å². The first-order valence-electron chi connectivity index (χ1n) is 8.32. The number of benzene rings is 2. The zero-order valence-electron chi connectivity index (χ0n) is 14.2. The highest BCUT2D eigenvalue weighted by Gasteiger charge is 2.12. The van der Waals surface area contributed by atoms with Crippen LogP contribution >= 0.6 is 0 Å². The maximum absolute atomic E-state index is 13.6. The van der Waals surface area contributed by atoms with Crippen molar-refractivity contribution in [3.63, 3.8) is 0 Å². The molecule has 1 aliphatic rings. The Balaban J connectivity index is 1.41. The predicted octanol–water partition coefficient (Wildman–Crippen LogP) is 2.50. The number of rotatable bonds is 6. The first kappa shape index (κ1) is 17.1. The summed E-state index contributed by atoms with van der Waals surface area (Å²) in [6.07, 6.45) is 1.44. The third-order valence-electron chi connectivity index (χ3n) is 4.01. The van der Waals surface area contributed by atoms with Gasteiger partial charge in [0, 0.05) is 20.1 Å². The SMILES string of the molecule is CN=C(NCCc1ccc2c(c1)OCO2)NCCc1ccccc1F. The molecule has 132 valence electrons. The van der Waals surface area contributed by atoms with Crippen LogP contribution in [0.3, 0.4) is 0 Å². The van der Waals surface area contributed by atoms with Crippen molar-refractivity contribution in [2.45, 2.75) is 12.8 Å². The monoisotopic (exact) mass is 343 g/mol. The highest BCUT2D eigenvalue weighted by Crippen LogP contribution is 2.32. The normalized spacial score (nSPS) is 13.0. The van der Waals surface area contributed by atoms with E-state index < -0.39 is 0 Å². The second kappa shape index (κ2) is 8.37. The molecule has 0 atom stereocenters. The van der Waals surface area contributed by atoms with Crippen LogP contribution in [0.4, 0.5) is 4.39 Å². The number of hydrogen-bond acceptors (Lipinski definition) is 3. The van der Waals surface area contributed by atoms with Crippen LogP contribution in [0.1, 0.15) is 11.1 Å². The molecule has 2 aromatic rings. The molecule has 0 radical (unpaired) electrons. The molecule has 0 aromatic heterocycles. The average molecular weight is 343 g/mol. The van der Waals surface area contributed by atoms with Gasteiger partial charge in [-0.2, -0.15) is 0 Å². The molecule has 5 nitrogen and oxygen atoms in total. The molecule has 0 bridgehead atoms. The van der Waals surface area contributed by atoms with Crippen molar-refractivity contribution in [3.8, 4) is 11.5 Å². The summed E-state index contributed by atoms with van der Waals surface area (Å²) in [7, 11) is 1.72.